The summed E-state index contributed by atoms with van der Waals surface area (Å²) >= 11 is 1.54. The molecule has 0 aliphatic heterocycles. The third kappa shape index (κ3) is 1.84. The van der Waals surface area contributed by atoms with Gasteiger partial charge in [0.05, 0.1) is 10.4 Å². The van der Waals surface area contributed by atoms with E-state index in [4.69, 9.17) is 0 Å². The van der Waals surface area contributed by atoms with E-state index in [0.717, 1.165) is 16.0 Å². The van der Waals surface area contributed by atoms with Crippen molar-refractivity contribution in [3.63, 3.8) is 0 Å². The Balaban J connectivity index is 2.62. The molecule has 4 heteroatoms. The van der Waals surface area contributed by atoms with Crippen LogP contribution in [0, 0.1) is 6.92 Å². The first-order valence-corrected chi connectivity index (χ1v) is 5.82. The smallest absolute Gasteiger partial charge is 0.251 e. The summed E-state index contributed by atoms with van der Waals surface area (Å²) in [7, 11) is 1.64. The normalized spacial score (nSPS) is 10.1. The lowest BCUT2D eigenvalue weighted by atomic mass is 10.0. The van der Waals surface area contributed by atoms with Crippen LogP contribution in [0.4, 0.5) is 0 Å². The van der Waals surface area contributed by atoms with Crippen molar-refractivity contribution in [3.8, 4) is 10.4 Å². The van der Waals surface area contributed by atoms with E-state index in [-0.39, 0.29) is 5.91 Å². The molecule has 2 rings (SSSR count). The first kappa shape index (κ1) is 10.8. The van der Waals surface area contributed by atoms with Gasteiger partial charge >= 0.3 is 0 Å². The number of nitrogens with zero attached hydrogens (tertiary/aromatic N) is 1. The maximum atomic E-state index is 11.8. The lowest BCUT2D eigenvalue weighted by Crippen LogP contribution is -2.18. The second kappa shape index (κ2) is 4.45. The van der Waals surface area contributed by atoms with Gasteiger partial charge in [0.1, 0.15) is 0 Å². The van der Waals surface area contributed by atoms with Crippen LogP contribution in [0.3, 0.4) is 0 Å². The maximum Gasteiger partial charge on any atom is 0.251 e. The highest BCUT2D eigenvalue weighted by Gasteiger charge is 2.14. The van der Waals surface area contributed by atoms with Gasteiger partial charge in [-0.15, -0.1) is 11.3 Å². The third-order valence-electron chi connectivity index (χ3n) is 2.42. The molecule has 1 N–H and O–H groups in total. The van der Waals surface area contributed by atoms with Gasteiger partial charge in [-0.2, -0.15) is 0 Å². The number of nitrogens with one attached hydrogen (secondary N) is 1. The van der Waals surface area contributed by atoms with Crippen molar-refractivity contribution >= 4 is 17.2 Å². The van der Waals surface area contributed by atoms with Crippen LogP contribution in [0.25, 0.3) is 10.4 Å². The molecule has 1 aromatic carbocycles. The molecular formula is C12H12N2OS. The van der Waals surface area contributed by atoms with E-state index in [1.807, 2.05) is 25.1 Å². The molecule has 0 radical (unpaired) electrons. The van der Waals surface area contributed by atoms with Crippen molar-refractivity contribution in [2.45, 2.75) is 6.92 Å². The molecule has 16 heavy (non-hydrogen) atoms. The number of rotatable bonds is 2. The molecule has 0 aliphatic carbocycles. The highest BCUT2D eigenvalue weighted by Crippen LogP contribution is 2.30. The monoisotopic (exact) mass is 232 g/mol. The van der Waals surface area contributed by atoms with Crippen LogP contribution in [-0.4, -0.2) is 17.9 Å². The minimum atomic E-state index is -0.0629. The zero-order valence-electron chi connectivity index (χ0n) is 9.15. The Labute approximate surface area is 98.2 Å². The fourth-order valence-corrected chi connectivity index (χ4v) is 2.40. The Hall–Kier alpha value is -1.68. The van der Waals surface area contributed by atoms with Crippen molar-refractivity contribution in [1.82, 2.24) is 10.3 Å². The molecule has 0 saturated carbocycles. The van der Waals surface area contributed by atoms with Crippen LogP contribution in [0.2, 0.25) is 0 Å². The number of aryl methyl sites for hydroxylation is 1. The molecule has 0 atom stereocenters. The molecule has 0 aliphatic rings. The van der Waals surface area contributed by atoms with Gasteiger partial charge in [0, 0.05) is 24.4 Å². The first-order chi connectivity index (χ1) is 7.74. The van der Waals surface area contributed by atoms with Crippen molar-refractivity contribution in [3.05, 3.63) is 41.0 Å². The summed E-state index contributed by atoms with van der Waals surface area (Å²) in [6.45, 7) is 2.00. The minimum Gasteiger partial charge on any atom is -0.355 e. The summed E-state index contributed by atoms with van der Waals surface area (Å²) in [6, 6.07) is 5.73. The van der Waals surface area contributed by atoms with Crippen molar-refractivity contribution in [2.75, 3.05) is 7.05 Å². The van der Waals surface area contributed by atoms with E-state index in [2.05, 4.69) is 10.3 Å². The van der Waals surface area contributed by atoms with E-state index >= 15 is 0 Å². The minimum absolute atomic E-state index is 0.0629. The third-order valence-corrected chi connectivity index (χ3v) is 3.21. The largest absolute Gasteiger partial charge is 0.355 e. The summed E-state index contributed by atoms with van der Waals surface area (Å²) in [4.78, 5) is 16.8. The number of thiazole rings is 1. The van der Waals surface area contributed by atoms with Crippen LogP contribution in [-0.2, 0) is 0 Å². The molecule has 2 aromatic rings. The molecule has 0 fully saturated rings. The van der Waals surface area contributed by atoms with Gasteiger partial charge in [-0.05, 0) is 18.6 Å². The predicted molar refractivity (Wildman–Crippen MR) is 65.7 cm³/mol. The summed E-state index contributed by atoms with van der Waals surface area (Å²) in [5.41, 5.74) is 4.54. The van der Waals surface area contributed by atoms with Crippen LogP contribution in [0.15, 0.2) is 29.9 Å². The number of benzene rings is 1. The van der Waals surface area contributed by atoms with Gasteiger partial charge in [-0.25, -0.2) is 0 Å². The Morgan fingerprint density at radius 3 is 2.88 bits per heavy atom. The number of hydrogen-bond donors (Lipinski definition) is 1. The fraction of sp³-hybridized carbons (Fsp3) is 0.167. The lowest BCUT2D eigenvalue weighted by Gasteiger charge is -2.09. The van der Waals surface area contributed by atoms with E-state index in [1.165, 1.54) is 0 Å². The van der Waals surface area contributed by atoms with Gasteiger partial charge in [0.2, 0.25) is 0 Å². The Morgan fingerprint density at radius 1 is 1.44 bits per heavy atom. The lowest BCUT2D eigenvalue weighted by molar-refractivity contribution is 0.0963. The van der Waals surface area contributed by atoms with Gasteiger partial charge in [-0.3, -0.25) is 9.78 Å². The summed E-state index contributed by atoms with van der Waals surface area (Å²) in [5.74, 6) is -0.0629. The average Bonchev–Trinajstić information content (AvgIpc) is 2.81. The molecule has 3 nitrogen and oxygen atoms in total. The standard InChI is InChI=1S/C12H12N2OS/c1-8-4-3-5-9(12(15)13-2)11(8)10-6-14-7-16-10/h3-7H,1-2H3,(H,13,15). The zero-order valence-corrected chi connectivity index (χ0v) is 9.97. The molecule has 1 heterocycles. The van der Waals surface area contributed by atoms with Crippen molar-refractivity contribution in [1.29, 1.82) is 0 Å². The molecule has 0 bridgehead atoms. The Kier molecular flexibility index (Phi) is 3.01. The molecule has 0 saturated heterocycles. The van der Waals surface area contributed by atoms with Crippen LogP contribution >= 0.6 is 11.3 Å². The number of carbonyl (C=O) groups is 1. The van der Waals surface area contributed by atoms with E-state index < -0.39 is 0 Å². The highest BCUT2D eigenvalue weighted by molar-refractivity contribution is 7.13. The summed E-state index contributed by atoms with van der Waals surface area (Å²) in [5, 5.41) is 2.66. The Morgan fingerprint density at radius 2 is 2.25 bits per heavy atom. The topological polar surface area (TPSA) is 42.0 Å². The molecule has 0 spiro atoms. The maximum absolute atomic E-state index is 11.8. The Bertz CT molecular complexity index is 506. The number of amides is 1. The first-order valence-electron chi connectivity index (χ1n) is 4.94. The van der Waals surface area contributed by atoms with E-state index in [9.17, 15) is 4.79 Å². The van der Waals surface area contributed by atoms with Crippen LogP contribution in [0.1, 0.15) is 15.9 Å². The van der Waals surface area contributed by atoms with Gasteiger partial charge in [0.25, 0.3) is 5.91 Å². The number of hydrogen-bond acceptors (Lipinski definition) is 3. The molecule has 1 aromatic heterocycles. The number of carbonyl (C=O) groups excluding carboxylic acids is 1. The fourth-order valence-electron chi connectivity index (χ4n) is 1.66. The van der Waals surface area contributed by atoms with Crippen molar-refractivity contribution in [2.24, 2.45) is 0 Å². The van der Waals surface area contributed by atoms with E-state index in [1.54, 1.807) is 30.1 Å². The number of aromatic nitrogens is 1. The molecule has 1 amide bonds. The SMILES string of the molecule is CNC(=O)c1cccc(C)c1-c1cncs1. The average molecular weight is 232 g/mol. The van der Waals surface area contributed by atoms with Crippen molar-refractivity contribution < 1.29 is 4.79 Å². The summed E-state index contributed by atoms with van der Waals surface area (Å²) < 4.78 is 0. The van der Waals surface area contributed by atoms with Gasteiger partial charge in [-0.1, -0.05) is 12.1 Å². The quantitative estimate of drug-likeness (QED) is 0.864. The van der Waals surface area contributed by atoms with Gasteiger partial charge < -0.3 is 5.32 Å². The molecule has 0 unspecified atom stereocenters. The second-order valence-electron chi connectivity index (χ2n) is 3.44. The van der Waals surface area contributed by atoms with Crippen LogP contribution < -0.4 is 5.32 Å². The second-order valence-corrected chi connectivity index (χ2v) is 4.33. The molecular weight excluding hydrogens is 220 g/mol. The summed E-state index contributed by atoms with van der Waals surface area (Å²) in [6.07, 6.45) is 1.79. The van der Waals surface area contributed by atoms with E-state index in [0.29, 0.717) is 5.56 Å². The van der Waals surface area contributed by atoms with Gasteiger partial charge in [0.15, 0.2) is 0 Å². The zero-order chi connectivity index (χ0) is 11.5. The molecule has 82 valence electrons. The predicted octanol–water partition coefficient (Wildman–Crippen LogP) is 2.48. The highest BCUT2D eigenvalue weighted by atomic mass is 32.1. The van der Waals surface area contributed by atoms with Crippen LogP contribution in [0.5, 0.6) is 0 Å².